The summed E-state index contributed by atoms with van der Waals surface area (Å²) < 4.78 is 23.9. The van der Waals surface area contributed by atoms with Crippen LogP contribution in [0.1, 0.15) is 54.4 Å². The van der Waals surface area contributed by atoms with Gasteiger partial charge in [-0.25, -0.2) is 0 Å². The molecule has 0 saturated heterocycles. The Bertz CT molecular complexity index is 324. The maximum absolute atomic E-state index is 12.8. The van der Waals surface area contributed by atoms with E-state index in [0.29, 0.717) is 30.8 Å². The van der Waals surface area contributed by atoms with Crippen molar-refractivity contribution in [2.45, 2.75) is 60.0 Å². The van der Waals surface area contributed by atoms with Crippen LogP contribution in [0.2, 0.25) is 0 Å². The molecule has 0 amide bonds. The van der Waals surface area contributed by atoms with Gasteiger partial charge in [0.05, 0.1) is 24.6 Å². The third-order valence-corrected chi connectivity index (χ3v) is 5.58. The molecule has 1 N–H and O–H groups in total. The lowest BCUT2D eigenvalue weighted by atomic mass is 10.2. The Balaban J connectivity index is 4.70. The van der Waals surface area contributed by atoms with Crippen molar-refractivity contribution in [2.24, 2.45) is 17.0 Å². The molecule has 0 aromatic rings. The second kappa shape index (κ2) is 9.54. The first-order chi connectivity index (χ1) is 9.23. The summed E-state index contributed by atoms with van der Waals surface area (Å²) in [7, 11) is -3.29. The van der Waals surface area contributed by atoms with Crippen LogP contribution in [0.3, 0.4) is 0 Å². The van der Waals surface area contributed by atoms with Gasteiger partial charge in [0.25, 0.3) is 0 Å². The first-order valence-corrected chi connectivity index (χ1v) is 8.91. The molecule has 0 fully saturated rings. The van der Waals surface area contributed by atoms with Crippen molar-refractivity contribution in [1.29, 1.82) is 0 Å². The fourth-order valence-electron chi connectivity index (χ4n) is 1.40. The third kappa shape index (κ3) is 7.41. The Hall–Kier alpha value is -0.380. The highest BCUT2D eigenvalue weighted by Crippen LogP contribution is 2.53. The van der Waals surface area contributed by atoms with Crippen molar-refractivity contribution in [3.05, 3.63) is 0 Å². The summed E-state index contributed by atoms with van der Waals surface area (Å²) in [6, 6.07) is 0. The van der Waals surface area contributed by atoms with Crippen LogP contribution in [0, 0.1) is 11.8 Å². The molecule has 1 atom stereocenters. The molecule has 0 aliphatic heterocycles. The summed E-state index contributed by atoms with van der Waals surface area (Å²) in [6.45, 7) is 12.4. The Morgan fingerprint density at radius 2 is 1.45 bits per heavy atom. The maximum atomic E-state index is 12.8. The van der Waals surface area contributed by atoms with Crippen molar-refractivity contribution in [3.8, 4) is 0 Å². The van der Waals surface area contributed by atoms with Crippen LogP contribution in [-0.2, 0) is 13.6 Å². The third-order valence-electron chi connectivity index (χ3n) is 3.17. The molecule has 0 aromatic carbocycles. The number of oxime groups is 1. The highest BCUT2D eigenvalue weighted by molar-refractivity contribution is 7.55. The molecule has 0 radical (unpaired) electrons. The van der Waals surface area contributed by atoms with Crippen LogP contribution in [0.5, 0.6) is 0 Å². The number of hydrogen-bond donors (Lipinski definition) is 1. The standard InChI is InChI=1S/C14H30NO4P/c1-11(2)7-9-18-20(17,14(6)13(5)15-16)19-10-8-12(3)4/h11-12,14,16H,7-10H2,1-6H3. The fourth-order valence-corrected chi connectivity index (χ4v) is 3.16. The van der Waals surface area contributed by atoms with Gasteiger partial charge in [-0.15, -0.1) is 0 Å². The monoisotopic (exact) mass is 307 g/mol. The minimum Gasteiger partial charge on any atom is -0.411 e. The van der Waals surface area contributed by atoms with Crippen LogP contribution < -0.4 is 0 Å². The van der Waals surface area contributed by atoms with Crippen LogP contribution in [-0.4, -0.2) is 29.8 Å². The first kappa shape index (κ1) is 19.6. The molecule has 6 heteroatoms. The summed E-state index contributed by atoms with van der Waals surface area (Å²) in [5, 5.41) is 12.0. The predicted molar refractivity (Wildman–Crippen MR) is 82.8 cm³/mol. The van der Waals surface area contributed by atoms with E-state index in [1.54, 1.807) is 13.8 Å². The zero-order chi connectivity index (χ0) is 15.8. The van der Waals surface area contributed by atoms with Crippen LogP contribution in [0.25, 0.3) is 0 Å². The summed E-state index contributed by atoms with van der Waals surface area (Å²) in [5.41, 5.74) is -0.172. The lowest BCUT2D eigenvalue weighted by molar-refractivity contribution is 0.186. The van der Waals surface area contributed by atoms with Crippen molar-refractivity contribution in [1.82, 2.24) is 0 Å². The molecular weight excluding hydrogens is 277 g/mol. The molecule has 0 bridgehead atoms. The molecular formula is C14H30NO4P. The summed E-state index contributed by atoms with van der Waals surface area (Å²) in [5.74, 6) is 0.948. The van der Waals surface area contributed by atoms with Gasteiger partial charge in [-0.1, -0.05) is 32.9 Å². The molecule has 20 heavy (non-hydrogen) atoms. The van der Waals surface area contributed by atoms with Gasteiger partial charge in [0.2, 0.25) is 0 Å². The lowest BCUT2D eigenvalue weighted by Gasteiger charge is -2.24. The molecule has 0 aliphatic carbocycles. The van der Waals surface area contributed by atoms with Gasteiger partial charge in [-0.3, -0.25) is 4.57 Å². The number of nitrogens with zero attached hydrogens (tertiary/aromatic N) is 1. The molecule has 0 aliphatic rings. The number of rotatable bonds is 10. The Morgan fingerprint density at radius 1 is 1.05 bits per heavy atom. The van der Waals surface area contributed by atoms with Crippen molar-refractivity contribution >= 4 is 13.3 Å². The molecule has 0 spiro atoms. The topological polar surface area (TPSA) is 68.1 Å². The molecule has 0 saturated carbocycles. The molecule has 0 rings (SSSR count). The second-order valence-electron chi connectivity index (χ2n) is 5.99. The fraction of sp³-hybridized carbons (Fsp3) is 0.929. The zero-order valence-electron chi connectivity index (χ0n) is 13.6. The molecule has 1 unspecified atom stereocenters. The van der Waals surface area contributed by atoms with Gasteiger partial charge in [-0.05, 0) is 38.5 Å². The van der Waals surface area contributed by atoms with E-state index in [1.807, 2.05) is 0 Å². The second-order valence-corrected chi connectivity index (χ2v) is 8.36. The number of hydrogen-bond acceptors (Lipinski definition) is 5. The van der Waals surface area contributed by atoms with E-state index in [1.165, 1.54) is 0 Å². The van der Waals surface area contributed by atoms with Crippen LogP contribution in [0.15, 0.2) is 5.16 Å². The Kier molecular flexibility index (Phi) is 9.36. The van der Waals surface area contributed by atoms with Crippen LogP contribution >= 0.6 is 7.60 Å². The first-order valence-electron chi connectivity index (χ1n) is 7.30. The summed E-state index contributed by atoms with van der Waals surface area (Å²) in [4.78, 5) is 0. The van der Waals surface area contributed by atoms with Gasteiger partial charge in [0.15, 0.2) is 0 Å². The van der Waals surface area contributed by atoms with Gasteiger partial charge in [0.1, 0.15) is 0 Å². The van der Waals surface area contributed by atoms with E-state index < -0.39 is 13.3 Å². The van der Waals surface area contributed by atoms with Gasteiger partial charge >= 0.3 is 7.60 Å². The predicted octanol–water partition coefficient (Wildman–Crippen LogP) is 4.54. The van der Waals surface area contributed by atoms with E-state index in [9.17, 15) is 4.57 Å². The normalized spacial score (nSPS) is 15.1. The van der Waals surface area contributed by atoms with E-state index in [4.69, 9.17) is 14.3 Å². The maximum Gasteiger partial charge on any atom is 0.339 e. The zero-order valence-corrected chi connectivity index (χ0v) is 14.5. The summed E-state index contributed by atoms with van der Waals surface area (Å²) >= 11 is 0. The molecule has 120 valence electrons. The average molecular weight is 307 g/mol. The Morgan fingerprint density at radius 3 is 1.75 bits per heavy atom. The molecule has 0 aromatic heterocycles. The van der Waals surface area contributed by atoms with E-state index in [2.05, 4.69) is 32.9 Å². The highest BCUT2D eigenvalue weighted by Gasteiger charge is 2.35. The van der Waals surface area contributed by atoms with E-state index in [0.717, 1.165) is 12.8 Å². The SMILES string of the molecule is CC(=NO)C(C)P(=O)(OCCC(C)C)OCCC(C)C. The van der Waals surface area contributed by atoms with E-state index in [-0.39, 0.29) is 0 Å². The van der Waals surface area contributed by atoms with E-state index >= 15 is 0 Å². The minimum atomic E-state index is -3.29. The van der Waals surface area contributed by atoms with Crippen molar-refractivity contribution in [2.75, 3.05) is 13.2 Å². The largest absolute Gasteiger partial charge is 0.411 e. The van der Waals surface area contributed by atoms with Crippen molar-refractivity contribution in [3.63, 3.8) is 0 Å². The van der Waals surface area contributed by atoms with Gasteiger partial charge in [0, 0.05) is 0 Å². The van der Waals surface area contributed by atoms with Gasteiger partial charge in [-0.2, -0.15) is 0 Å². The minimum absolute atomic E-state index is 0.363. The average Bonchev–Trinajstić information content (AvgIpc) is 2.35. The Labute approximate surface area is 123 Å². The van der Waals surface area contributed by atoms with Gasteiger partial charge < -0.3 is 14.3 Å². The quantitative estimate of drug-likeness (QED) is 0.278. The van der Waals surface area contributed by atoms with Crippen LogP contribution in [0.4, 0.5) is 0 Å². The lowest BCUT2D eigenvalue weighted by Crippen LogP contribution is -2.19. The molecule has 0 heterocycles. The smallest absolute Gasteiger partial charge is 0.339 e. The molecule has 5 nitrogen and oxygen atoms in total. The highest BCUT2D eigenvalue weighted by atomic mass is 31.2. The summed E-state index contributed by atoms with van der Waals surface area (Å²) in [6.07, 6.45) is 1.64. The van der Waals surface area contributed by atoms with Crippen molar-refractivity contribution < 1.29 is 18.8 Å².